The Morgan fingerprint density at radius 3 is 2.50 bits per heavy atom. The lowest BCUT2D eigenvalue weighted by molar-refractivity contribution is -0.123. The lowest BCUT2D eigenvalue weighted by Gasteiger charge is -2.25. The molecule has 4 heteroatoms. The van der Waals surface area contributed by atoms with Gasteiger partial charge in [-0.05, 0) is 39.0 Å². The Labute approximate surface area is 111 Å². The normalized spacial score (nSPS) is 23.1. The van der Waals surface area contributed by atoms with E-state index in [1.54, 1.807) is 0 Å². The smallest absolute Gasteiger partial charge is 0.237 e. The summed E-state index contributed by atoms with van der Waals surface area (Å²) in [5.41, 5.74) is 0. The predicted octanol–water partition coefficient (Wildman–Crippen LogP) is 1.69. The molecule has 1 amide bonds. The number of amides is 1. The van der Waals surface area contributed by atoms with Crippen LogP contribution in [0.25, 0.3) is 0 Å². The van der Waals surface area contributed by atoms with Crippen molar-refractivity contribution in [3.63, 3.8) is 0 Å². The van der Waals surface area contributed by atoms with Crippen LogP contribution in [0.15, 0.2) is 0 Å². The first-order valence-corrected chi connectivity index (χ1v) is 7.22. The summed E-state index contributed by atoms with van der Waals surface area (Å²) >= 11 is 0. The summed E-state index contributed by atoms with van der Waals surface area (Å²) in [4.78, 5) is 12.0. The Kier molecular flexibility index (Phi) is 6.65. The highest BCUT2D eigenvalue weighted by atomic mass is 16.5. The molecule has 1 rings (SSSR count). The van der Waals surface area contributed by atoms with Gasteiger partial charge >= 0.3 is 0 Å². The van der Waals surface area contributed by atoms with E-state index in [9.17, 15) is 4.79 Å². The Balaban J connectivity index is 2.34. The summed E-state index contributed by atoms with van der Waals surface area (Å²) in [6, 6.07) is 0.489. The second-order valence-corrected chi connectivity index (χ2v) is 5.32. The molecular formula is C14H28N2O2. The zero-order valence-electron chi connectivity index (χ0n) is 12.2. The highest BCUT2D eigenvalue weighted by Crippen LogP contribution is 2.16. The zero-order valence-corrected chi connectivity index (χ0v) is 12.2. The molecule has 1 aliphatic rings. The first-order chi connectivity index (χ1) is 8.58. The molecule has 0 radical (unpaired) electrons. The van der Waals surface area contributed by atoms with Gasteiger partial charge in [-0.2, -0.15) is 0 Å². The molecule has 4 nitrogen and oxygen atoms in total. The largest absolute Gasteiger partial charge is 0.381 e. The van der Waals surface area contributed by atoms with Gasteiger partial charge in [0.05, 0.1) is 12.6 Å². The number of carbonyl (C=O) groups is 1. The fourth-order valence-electron chi connectivity index (χ4n) is 2.37. The van der Waals surface area contributed by atoms with Gasteiger partial charge in [-0.3, -0.25) is 4.79 Å². The van der Waals surface area contributed by atoms with Crippen LogP contribution < -0.4 is 10.6 Å². The highest BCUT2D eigenvalue weighted by molar-refractivity contribution is 5.81. The first-order valence-electron chi connectivity index (χ1n) is 7.22. The average molecular weight is 256 g/mol. The Bertz CT molecular complexity index is 248. The standard InChI is InChI=1S/C14H28N2O2/c1-5-13(6-2)16-14(17)11(4)15-10(3)12-7-8-18-9-12/h10-13,15H,5-9H2,1-4H3,(H,16,17). The number of ether oxygens (including phenoxy) is 1. The van der Waals surface area contributed by atoms with Crippen molar-refractivity contribution in [1.82, 2.24) is 10.6 Å². The third-order valence-electron chi connectivity index (χ3n) is 3.91. The Morgan fingerprint density at radius 1 is 1.33 bits per heavy atom. The predicted molar refractivity (Wildman–Crippen MR) is 73.5 cm³/mol. The summed E-state index contributed by atoms with van der Waals surface area (Å²) < 4.78 is 5.38. The van der Waals surface area contributed by atoms with Crippen molar-refractivity contribution in [3.05, 3.63) is 0 Å². The molecule has 1 fully saturated rings. The van der Waals surface area contributed by atoms with Gasteiger partial charge < -0.3 is 15.4 Å². The Hall–Kier alpha value is -0.610. The van der Waals surface area contributed by atoms with Crippen LogP contribution in [0.3, 0.4) is 0 Å². The first kappa shape index (κ1) is 15.4. The van der Waals surface area contributed by atoms with Crippen molar-refractivity contribution in [2.75, 3.05) is 13.2 Å². The molecule has 3 unspecified atom stereocenters. The van der Waals surface area contributed by atoms with Gasteiger partial charge in [0.25, 0.3) is 0 Å². The van der Waals surface area contributed by atoms with Crippen LogP contribution in [-0.2, 0) is 9.53 Å². The molecule has 1 saturated heterocycles. The summed E-state index contributed by atoms with van der Waals surface area (Å²) in [5.74, 6) is 0.642. The van der Waals surface area contributed by atoms with E-state index in [4.69, 9.17) is 4.74 Å². The molecule has 0 spiro atoms. The summed E-state index contributed by atoms with van der Waals surface area (Å²) in [6.07, 6.45) is 3.07. The van der Waals surface area contributed by atoms with Crippen molar-refractivity contribution in [2.24, 2.45) is 5.92 Å². The molecule has 0 aliphatic carbocycles. The zero-order chi connectivity index (χ0) is 13.5. The van der Waals surface area contributed by atoms with Crippen LogP contribution in [-0.4, -0.2) is 37.2 Å². The number of rotatable bonds is 7. The van der Waals surface area contributed by atoms with Gasteiger partial charge in [0, 0.05) is 18.7 Å². The fourth-order valence-corrected chi connectivity index (χ4v) is 2.37. The van der Waals surface area contributed by atoms with Crippen molar-refractivity contribution < 1.29 is 9.53 Å². The number of hydrogen-bond donors (Lipinski definition) is 2. The van der Waals surface area contributed by atoms with E-state index in [2.05, 4.69) is 31.4 Å². The minimum absolute atomic E-state index is 0.106. The second kappa shape index (κ2) is 7.74. The lowest BCUT2D eigenvalue weighted by atomic mass is 10.00. The minimum atomic E-state index is -0.138. The van der Waals surface area contributed by atoms with E-state index in [0.29, 0.717) is 18.0 Å². The molecule has 2 N–H and O–H groups in total. The second-order valence-electron chi connectivity index (χ2n) is 5.32. The SMILES string of the molecule is CCC(CC)NC(=O)C(C)NC(C)C1CCOC1. The van der Waals surface area contributed by atoms with Gasteiger partial charge in [-0.15, -0.1) is 0 Å². The van der Waals surface area contributed by atoms with Crippen molar-refractivity contribution in [1.29, 1.82) is 0 Å². The monoisotopic (exact) mass is 256 g/mol. The molecule has 1 aliphatic heterocycles. The summed E-state index contributed by atoms with van der Waals surface area (Å²) in [5, 5.41) is 6.46. The van der Waals surface area contributed by atoms with Gasteiger partial charge in [0.1, 0.15) is 0 Å². The molecule has 18 heavy (non-hydrogen) atoms. The summed E-state index contributed by atoms with van der Waals surface area (Å²) in [6.45, 7) is 9.94. The van der Waals surface area contributed by atoms with Crippen LogP contribution in [0.2, 0.25) is 0 Å². The molecule has 3 atom stereocenters. The number of nitrogens with one attached hydrogen (secondary N) is 2. The molecule has 1 heterocycles. The topological polar surface area (TPSA) is 50.4 Å². The minimum Gasteiger partial charge on any atom is -0.381 e. The number of hydrogen-bond acceptors (Lipinski definition) is 3. The molecule has 106 valence electrons. The maximum Gasteiger partial charge on any atom is 0.237 e. The van der Waals surface area contributed by atoms with Crippen LogP contribution in [0.4, 0.5) is 0 Å². The van der Waals surface area contributed by atoms with E-state index in [1.807, 2.05) is 6.92 Å². The van der Waals surface area contributed by atoms with Crippen LogP contribution in [0.1, 0.15) is 47.0 Å². The van der Waals surface area contributed by atoms with Crippen molar-refractivity contribution in [2.45, 2.75) is 65.1 Å². The molecular weight excluding hydrogens is 228 g/mol. The fraction of sp³-hybridized carbons (Fsp3) is 0.929. The van der Waals surface area contributed by atoms with Crippen molar-refractivity contribution >= 4 is 5.91 Å². The molecule has 0 aromatic carbocycles. The van der Waals surface area contributed by atoms with Gasteiger partial charge in [0.15, 0.2) is 0 Å². The van der Waals surface area contributed by atoms with E-state index >= 15 is 0 Å². The third kappa shape index (κ3) is 4.58. The van der Waals surface area contributed by atoms with Gasteiger partial charge in [0.2, 0.25) is 5.91 Å². The maximum absolute atomic E-state index is 12.0. The van der Waals surface area contributed by atoms with E-state index in [1.165, 1.54) is 0 Å². The number of carbonyl (C=O) groups excluding carboxylic acids is 1. The third-order valence-corrected chi connectivity index (χ3v) is 3.91. The lowest BCUT2D eigenvalue weighted by Crippen LogP contribution is -2.50. The quantitative estimate of drug-likeness (QED) is 0.729. The van der Waals surface area contributed by atoms with E-state index in [0.717, 1.165) is 32.5 Å². The molecule has 0 bridgehead atoms. The maximum atomic E-state index is 12.0. The van der Waals surface area contributed by atoms with Gasteiger partial charge in [-0.1, -0.05) is 13.8 Å². The average Bonchev–Trinajstić information content (AvgIpc) is 2.89. The molecule has 0 aromatic rings. The Morgan fingerprint density at radius 2 is 2.00 bits per heavy atom. The highest BCUT2D eigenvalue weighted by Gasteiger charge is 2.25. The summed E-state index contributed by atoms with van der Waals surface area (Å²) in [7, 11) is 0. The van der Waals surface area contributed by atoms with E-state index in [-0.39, 0.29) is 11.9 Å². The van der Waals surface area contributed by atoms with Crippen LogP contribution in [0, 0.1) is 5.92 Å². The van der Waals surface area contributed by atoms with Crippen molar-refractivity contribution in [3.8, 4) is 0 Å². The van der Waals surface area contributed by atoms with Crippen LogP contribution in [0.5, 0.6) is 0 Å². The molecule has 0 aromatic heterocycles. The van der Waals surface area contributed by atoms with Crippen LogP contribution >= 0.6 is 0 Å². The van der Waals surface area contributed by atoms with E-state index < -0.39 is 0 Å². The molecule has 0 saturated carbocycles. The van der Waals surface area contributed by atoms with Gasteiger partial charge in [-0.25, -0.2) is 0 Å².